The van der Waals surface area contributed by atoms with Crippen molar-refractivity contribution >= 4 is 5.97 Å². The second kappa shape index (κ2) is 5.98. The Morgan fingerprint density at radius 2 is 1.56 bits per heavy atom. The molecule has 1 heterocycles. The van der Waals surface area contributed by atoms with Crippen molar-refractivity contribution in [1.29, 1.82) is 0 Å². The van der Waals surface area contributed by atoms with Crippen molar-refractivity contribution in [3.63, 3.8) is 0 Å². The van der Waals surface area contributed by atoms with E-state index in [0.717, 1.165) is 5.57 Å². The third kappa shape index (κ3) is 3.59. The van der Waals surface area contributed by atoms with Crippen LogP contribution in [-0.4, -0.2) is 52.2 Å². The molecule has 0 aromatic rings. The summed E-state index contributed by atoms with van der Waals surface area (Å²) in [5.41, 5.74) is 1.00. The third-order valence-electron chi connectivity index (χ3n) is 2.41. The van der Waals surface area contributed by atoms with E-state index >= 15 is 0 Å². The minimum Gasteiger partial charge on any atom is -0.463 e. The van der Waals surface area contributed by atoms with Gasteiger partial charge in [-0.15, -0.1) is 0 Å². The number of fused-ring (bicyclic) bond motifs is 1. The number of ether oxygens (including phenoxy) is 4. The Morgan fingerprint density at radius 1 is 0.938 bits per heavy atom. The number of rotatable bonds is 0. The first-order valence-electron chi connectivity index (χ1n) is 5.48. The number of cyclic esters (lactones) is 1. The highest BCUT2D eigenvalue weighted by atomic mass is 16.6. The van der Waals surface area contributed by atoms with Crippen molar-refractivity contribution < 1.29 is 23.7 Å². The third-order valence-corrected chi connectivity index (χ3v) is 2.41. The van der Waals surface area contributed by atoms with Crippen LogP contribution in [0.25, 0.3) is 0 Å². The van der Waals surface area contributed by atoms with Gasteiger partial charge in [0.1, 0.15) is 6.61 Å². The van der Waals surface area contributed by atoms with E-state index < -0.39 is 0 Å². The Kier molecular flexibility index (Phi) is 4.33. The van der Waals surface area contributed by atoms with Crippen LogP contribution in [0.4, 0.5) is 0 Å². The van der Waals surface area contributed by atoms with Gasteiger partial charge in [-0.25, -0.2) is 0 Å². The molecule has 90 valence electrons. The Morgan fingerprint density at radius 3 is 2.31 bits per heavy atom. The van der Waals surface area contributed by atoms with Gasteiger partial charge in [0.05, 0.1) is 45.6 Å². The summed E-state index contributed by atoms with van der Waals surface area (Å²) in [6.45, 7) is 3.39. The van der Waals surface area contributed by atoms with E-state index in [1.54, 1.807) is 0 Å². The monoisotopic (exact) mass is 228 g/mol. The molecule has 16 heavy (non-hydrogen) atoms. The molecule has 5 nitrogen and oxygen atoms in total. The van der Waals surface area contributed by atoms with Gasteiger partial charge in [0.15, 0.2) is 0 Å². The molecule has 0 spiro atoms. The van der Waals surface area contributed by atoms with Crippen molar-refractivity contribution in [2.45, 2.75) is 0 Å². The number of carbonyl (C=O) groups excluding carboxylic acids is 1. The molecule has 2 aliphatic rings. The molecule has 0 radical (unpaired) electrons. The van der Waals surface area contributed by atoms with Crippen LogP contribution in [0.3, 0.4) is 0 Å². The van der Waals surface area contributed by atoms with Crippen molar-refractivity contribution in [3.8, 4) is 0 Å². The van der Waals surface area contributed by atoms with E-state index in [-0.39, 0.29) is 11.9 Å². The summed E-state index contributed by atoms with van der Waals surface area (Å²) in [5.74, 6) is -0.362. The quantitative estimate of drug-likeness (QED) is 0.436. The summed E-state index contributed by atoms with van der Waals surface area (Å²) in [6, 6.07) is 0. The summed E-state index contributed by atoms with van der Waals surface area (Å²) < 4.78 is 20.9. The Labute approximate surface area is 94.3 Å². The molecular formula is C11H16O5. The minimum absolute atomic E-state index is 0.163. The van der Waals surface area contributed by atoms with Crippen LogP contribution in [0.1, 0.15) is 0 Å². The summed E-state index contributed by atoms with van der Waals surface area (Å²) in [4.78, 5) is 11.4. The zero-order valence-corrected chi connectivity index (χ0v) is 9.15. The number of hydrogen-bond acceptors (Lipinski definition) is 5. The first kappa shape index (κ1) is 11.6. The maximum Gasteiger partial charge on any atom is 0.317 e. The lowest BCUT2D eigenvalue weighted by Gasteiger charge is -2.09. The van der Waals surface area contributed by atoms with Gasteiger partial charge in [-0.05, 0) is 5.57 Å². The molecule has 0 amide bonds. The summed E-state index contributed by atoms with van der Waals surface area (Å²) in [7, 11) is 0. The predicted molar refractivity (Wildman–Crippen MR) is 55.0 cm³/mol. The fourth-order valence-corrected chi connectivity index (χ4v) is 1.44. The molecule has 2 rings (SSSR count). The average molecular weight is 228 g/mol. The van der Waals surface area contributed by atoms with Crippen LogP contribution in [-0.2, 0) is 23.7 Å². The van der Waals surface area contributed by atoms with Gasteiger partial charge in [0, 0.05) is 0 Å². The van der Waals surface area contributed by atoms with E-state index in [0.29, 0.717) is 46.2 Å². The van der Waals surface area contributed by atoms with Gasteiger partial charge in [0.25, 0.3) is 0 Å². The summed E-state index contributed by atoms with van der Waals surface area (Å²) in [6.07, 6.45) is 1.86. The summed E-state index contributed by atoms with van der Waals surface area (Å²) in [5, 5.41) is 0. The maximum atomic E-state index is 11.4. The maximum absolute atomic E-state index is 11.4. The van der Waals surface area contributed by atoms with Gasteiger partial charge in [-0.3, -0.25) is 4.79 Å². The Balaban J connectivity index is 1.72. The van der Waals surface area contributed by atoms with E-state index in [1.807, 2.05) is 6.08 Å². The van der Waals surface area contributed by atoms with Gasteiger partial charge in [-0.1, -0.05) is 6.08 Å². The van der Waals surface area contributed by atoms with E-state index in [9.17, 15) is 4.79 Å². The first-order chi connectivity index (χ1) is 7.88. The summed E-state index contributed by atoms with van der Waals surface area (Å²) >= 11 is 0. The van der Waals surface area contributed by atoms with Crippen LogP contribution in [0.15, 0.2) is 11.6 Å². The molecule has 0 bridgehead atoms. The highest BCUT2D eigenvalue weighted by Crippen LogP contribution is 2.30. The van der Waals surface area contributed by atoms with Gasteiger partial charge < -0.3 is 18.9 Å². The molecule has 1 aliphatic heterocycles. The second-order valence-corrected chi connectivity index (χ2v) is 3.66. The van der Waals surface area contributed by atoms with Crippen LogP contribution in [0.5, 0.6) is 0 Å². The molecule has 0 saturated carbocycles. The van der Waals surface area contributed by atoms with Crippen molar-refractivity contribution in [2.24, 2.45) is 5.92 Å². The normalized spacial score (nSPS) is 28.4. The second-order valence-electron chi connectivity index (χ2n) is 3.66. The topological polar surface area (TPSA) is 54.0 Å². The lowest BCUT2D eigenvalue weighted by molar-refractivity contribution is -0.146. The molecule has 1 saturated heterocycles. The zero-order chi connectivity index (χ0) is 11.2. The largest absolute Gasteiger partial charge is 0.463 e. The highest BCUT2D eigenvalue weighted by Gasteiger charge is 2.33. The fraction of sp³-hybridized carbons (Fsp3) is 0.727. The van der Waals surface area contributed by atoms with Crippen LogP contribution < -0.4 is 0 Å². The molecule has 1 aliphatic carbocycles. The average Bonchev–Trinajstić information content (AvgIpc) is 3.04. The lowest BCUT2D eigenvalue weighted by atomic mass is 10.3. The molecule has 0 aromatic heterocycles. The van der Waals surface area contributed by atoms with E-state index in [4.69, 9.17) is 18.9 Å². The van der Waals surface area contributed by atoms with E-state index in [1.165, 1.54) is 0 Å². The fourth-order valence-electron chi connectivity index (χ4n) is 1.44. The molecule has 1 atom stereocenters. The molecule has 1 unspecified atom stereocenters. The van der Waals surface area contributed by atoms with Gasteiger partial charge in [0.2, 0.25) is 0 Å². The van der Waals surface area contributed by atoms with Gasteiger partial charge in [-0.2, -0.15) is 0 Å². The number of carbonyl (C=O) groups is 1. The van der Waals surface area contributed by atoms with E-state index in [2.05, 4.69) is 0 Å². The molecule has 0 aromatic carbocycles. The van der Waals surface area contributed by atoms with Crippen LogP contribution >= 0.6 is 0 Å². The SMILES string of the molecule is O=C1OCCOCCOCCOCC2=CC12. The van der Waals surface area contributed by atoms with Crippen molar-refractivity contribution in [2.75, 3.05) is 46.2 Å². The highest BCUT2D eigenvalue weighted by molar-refractivity contribution is 5.83. The van der Waals surface area contributed by atoms with Crippen LogP contribution in [0.2, 0.25) is 0 Å². The Bertz CT molecular complexity index is 274. The lowest BCUT2D eigenvalue weighted by Crippen LogP contribution is -2.17. The predicted octanol–water partition coefficient (Wildman–Crippen LogP) is 0.149. The zero-order valence-electron chi connectivity index (χ0n) is 9.15. The Hall–Kier alpha value is -0.910. The standard InChI is InChI=1S/C11H16O5/c12-11-10-7-9(10)8-15-4-3-13-1-2-14-5-6-16-11/h7,10H,1-6,8H2. The first-order valence-corrected chi connectivity index (χ1v) is 5.48. The van der Waals surface area contributed by atoms with Crippen molar-refractivity contribution in [1.82, 2.24) is 0 Å². The van der Waals surface area contributed by atoms with Crippen LogP contribution in [0, 0.1) is 5.92 Å². The molecular weight excluding hydrogens is 212 g/mol. The number of hydrogen-bond donors (Lipinski definition) is 0. The molecule has 0 N–H and O–H groups in total. The van der Waals surface area contributed by atoms with Gasteiger partial charge >= 0.3 is 5.97 Å². The number of esters is 1. The van der Waals surface area contributed by atoms with Crippen molar-refractivity contribution in [3.05, 3.63) is 11.6 Å². The molecule has 1 fully saturated rings. The molecule has 5 heteroatoms. The minimum atomic E-state index is -0.199. The smallest absolute Gasteiger partial charge is 0.317 e.